The molecule has 1 fully saturated rings. The lowest BCUT2D eigenvalue weighted by Crippen LogP contribution is -2.04. The lowest BCUT2D eigenvalue weighted by Gasteiger charge is -2.22. The summed E-state index contributed by atoms with van der Waals surface area (Å²) >= 11 is 0. The molecule has 0 saturated heterocycles. The fourth-order valence-electron chi connectivity index (χ4n) is 2.96. The van der Waals surface area contributed by atoms with E-state index in [4.69, 9.17) is 0 Å². The molecule has 2 aromatic rings. The molecule has 1 radical (unpaired) electrons. The summed E-state index contributed by atoms with van der Waals surface area (Å²) in [5.74, 6) is 0.803. The average Bonchev–Trinajstić information content (AvgIpc) is 2.49. The van der Waals surface area contributed by atoms with Crippen LogP contribution in [0.2, 0.25) is 0 Å². The van der Waals surface area contributed by atoms with E-state index in [0.717, 1.165) is 5.92 Å². The fourth-order valence-corrected chi connectivity index (χ4v) is 2.96. The van der Waals surface area contributed by atoms with Crippen molar-refractivity contribution >= 4 is 0 Å². The quantitative estimate of drug-likeness (QED) is 0.671. The minimum Gasteiger partial charge on any atom is -0.0581 e. The van der Waals surface area contributed by atoms with Gasteiger partial charge in [0.05, 0.1) is 0 Å². The monoisotopic (exact) mass is 235 g/mol. The maximum absolute atomic E-state index is 3.07. The summed E-state index contributed by atoms with van der Waals surface area (Å²) < 4.78 is 0. The summed E-state index contributed by atoms with van der Waals surface area (Å²) in [6.45, 7) is 0. The molecule has 1 aliphatic carbocycles. The van der Waals surface area contributed by atoms with Crippen molar-refractivity contribution in [3.05, 3.63) is 60.2 Å². The molecule has 0 unspecified atom stereocenters. The molecule has 3 rings (SSSR count). The lowest BCUT2D eigenvalue weighted by molar-refractivity contribution is 0.443. The van der Waals surface area contributed by atoms with Gasteiger partial charge >= 0.3 is 0 Å². The van der Waals surface area contributed by atoms with Crippen LogP contribution in [0.15, 0.2) is 48.5 Å². The molecule has 0 N–H and O–H groups in total. The third-order valence-electron chi connectivity index (χ3n) is 4.04. The van der Waals surface area contributed by atoms with Gasteiger partial charge in [0.2, 0.25) is 0 Å². The van der Waals surface area contributed by atoms with Crippen LogP contribution < -0.4 is 0 Å². The Morgan fingerprint density at radius 2 is 1.33 bits per heavy atom. The smallest absolute Gasteiger partial charge is 0.0162 e. The average molecular weight is 235 g/mol. The summed E-state index contributed by atoms with van der Waals surface area (Å²) in [6, 6.07) is 20.4. The molecule has 1 saturated carbocycles. The van der Waals surface area contributed by atoms with Crippen molar-refractivity contribution < 1.29 is 0 Å². The van der Waals surface area contributed by atoms with E-state index in [2.05, 4.69) is 42.5 Å². The van der Waals surface area contributed by atoms with Crippen LogP contribution in [0, 0.1) is 6.07 Å². The Kier molecular flexibility index (Phi) is 3.45. The van der Waals surface area contributed by atoms with Crippen LogP contribution in [-0.4, -0.2) is 0 Å². The molecule has 18 heavy (non-hydrogen) atoms. The van der Waals surface area contributed by atoms with Crippen LogP contribution in [-0.2, 0) is 0 Å². The van der Waals surface area contributed by atoms with Crippen LogP contribution in [0.3, 0.4) is 0 Å². The number of hydrogen-bond acceptors (Lipinski definition) is 0. The Hall–Kier alpha value is -1.56. The van der Waals surface area contributed by atoms with Gasteiger partial charge in [-0.1, -0.05) is 67.8 Å². The summed E-state index contributed by atoms with van der Waals surface area (Å²) in [5, 5.41) is 0. The first-order valence-electron chi connectivity index (χ1n) is 7.00. The van der Waals surface area contributed by atoms with Crippen LogP contribution >= 0.6 is 0 Å². The van der Waals surface area contributed by atoms with Gasteiger partial charge in [-0.3, -0.25) is 0 Å². The van der Waals surface area contributed by atoms with E-state index < -0.39 is 0 Å². The Morgan fingerprint density at radius 3 is 2.00 bits per heavy atom. The predicted octanol–water partition coefficient (Wildman–Crippen LogP) is 5.20. The van der Waals surface area contributed by atoms with E-state index >= 15 is 0 Å². The first-order chi connectivity index (χ1) is 8.93. The van der Waals surface area contributed by atoms with Gasteiger partial charge in [0.1, 0.15) is 0 Å². The molecule has 0 aromatic heterocycles. The van der Waals surface area contributed by atoms with Gasteiger partial charge in [0.15, 0.2) is 0 Å². The zero-order valence-electron chi connectivity index (χ0n) is 10.7. The normalized spacial score (nSPS) is 16.7. The van der Waals surface area contributed by atoms with Gasteiger partial charge in [-0.2, -0.15) is 0 Å². The van der Waals surface area contributed by atoms with Gasteiger partial charge in [-0.25, -0.2) is 0 Å². The topological polar surface area (TPSA) is 0 Å². The Morgan fingerprint density at radius 1 is 0.722 bits per heavy atom. The summed E-state index contributed by atoms with van der Waals surface area (Å²) in [6.07, 6.45) is 6.98. The molecule has 0 atom stereocenters. The highest BCUT2D eigenvalue weighted by Gasteiger charge is 2.15. The highest BCUT2D eigenvalue weighted by Crippen LogP contribution is 2.33. The number of hydrogen-bond donors (Lipinski definition) is 0. The number of benzene rings is 2. The van der Waals surface area contributed by atoms with Gasteiger partial charge in [-0.15, -0.1) is 0 Å². The minimum atomic E-state index is 0.803. The van der Waals surface area contributed by atoms with Crippen molar-refractivity contribution in [2.75, 3.05) is 0 Å². The molecule has 0 spiro atoms. The second-order valence-corrected chi connectivity index (χ2v) is 5.25. The molecule has 1 aliphatic rings. The fraction of sp³-hybridized carbons (Fsp3) is 0.333. The molecular weight excluding hydrogens is 216 g/mol. The van der Waals surface area contributed by atoms with Gasteiger partial charge in [-0.05, 0) is 41.5 Å². The Balaban J connectivity index is 1.80. The molecule has 91 valence electrons. The summed E-state index contributed by atoms with van der Waals surface area (Å²) in [7, 11) is 0. The molecule has 0 heterocycles. The molecule has 0 nitrogen and oxygen atoms in total. The molecule has 2 aromatic carbocycles. The van der Waals surface area contributed by atoms with E-state index in [-0.39, 0.29) is 0 Å². The molecule has 0 amide bonds. The Labute approximate surface area is 110 Å². The molecule has 0 aliphatic heterocycles. The highest BCUT2D eigenvalue weighted by molar-refractivity contribution is 5.63. The standard InChI is InChI=1S/C18H19/c1-3-7-15(8-4-1)17-11-13-18(14-12-17)16-9-5-2-6-10-16/h5-6,9-15H,1,3-4,7-8H2. The van der Waals surface area contributed by atoms with E-state index in [1.165, 1.54) is 48.8 Å². The summed E-state index contributed by atoms with van der Waals surface area (Å²) in [4.78, 5) is 0. The van der Waals surface area contributed by atoms with Gasteiger partial charge in [0.25, 0.3) is 0 Å². The van der Waals surface area contributed by atoms with Crippen LogP contribution in [0.25, 0.3) is 11.1 Å². The molecule has 0 heteroatoms. The molecular formula is C18H19. The lowest BCUT2D eigenvalue weighted by atomic mass is 9.84. The van der Waals surface area contributed by atoms with Crippen LogP contribution in [0.4, 0.5) is 0 Å². The van der Waals surface area contributed by atoms with Crippen molar-refractivity contribution in [1.29, 1.82) is 0 Å². The maximum atomic E-state index is 3.07. The zero-order chi connectivity index (χ0) is 12.2. The van der Waals surface area contributed by atoms with Gasteiger partial charge in [0, 0.05) is 0 Å². The Bertz CT molecular complexity index is 475. The van der Waals surface area contributed by atoms with Crippen molar-refractivity contribution in [2.45, 2.75) is 38.0 Å². The largest absolute Gasteiger partial charge is 0.0581 e. The van der Waals surface area contributed by atoms with E-state index in [1.807, 2.05) is 12.1 Å². The zero-order valence-corrected chi connectivity index (χ0v) is 10.7. The van der Waals surface area contributed by atoms with Crippen molar-refractivity contribution in [1.82, 2.24) is 0 Å². The number of rotatable bonds is 2. The summed E-state index contributed by atoms with van der Waals surface area (Å²) in [5.41, 5.74) is 4.12. The van der Waals surface area contributed by atoms with E-state index in [0.29, 0.717) is 0 Å². The van der Waals surface area contributed by atoms with Crippen molar-refractivity contribution in [2.24, 2.45) is 0 Å². The third-order valence-corrected chi connectivity index (χ3v) is 4.04. The second-order valence-electron chi connectivity index (χ2n) is 5.25. The first kappa shape index (κ1) is 11.5. The van der Waals surface area contributed by atoms with Crippen molar-refractivity contribution in [3.8, 4) is 11.1 Å². The first-order valence-corrected chi connectivity index (χ1v) is 7.00. The third kappa shape index (κ3) is 2.48. The highest BCUT2D eigenvalue weighted by atomic mass is 14.2. The van der Waals surface area contributed by atoms with E-state index in [1.54, 1.807) is 0 Å². The van der Waals surface area contributed by atoms with Crippen LogP contribution in [0.1, 0.15) is 43.6 Å². The van der Waals surface area contributed by atoms with Crippen LogP contribution in [0.5, 0.6) is 0 Å². The van der Waals surface area contributed by atoms with Gasteiger partial charge < -0.3 is 0 Å². The maximum Gasteiger partial charge on any atom is -0.0162 e. The van der Waals surface area contributed by atoms with E-state index in [9.17, 15) is 0 Å². The van der Waals surface area contributed by atoms with Crippen molar-refractivity contribution in [3.63, 3.8) is 0 Å². The molecule has 0 bridgehead atoms. The minimum absolute atomic E-state index is 0.803. The predicted molar refractivity (Wildman–Crippen MR) is 76.5 cm³/mol. The SMILES string of the molecule is [c]1ccc(-c2ccc(C3CCCCC3)cc2)cc1. The second kappa shape index (κ2) is 5.39.